The Morgan fingerprint density at radius 2 is 2.07 bits per heavy atom. The molecule has 0 bridgehead atoms. The quantitative estimate of drug-likeness (QED) is 0.622. The molecule has 0 aromatic rings. The smallest absolute Gasteiger partial charge is 0.135 e. The Hall–Kier alpha value is -1.38. The van der Waals surface area contributed by atoms with Crippen LogP contribution in [0.2, 0.25) is 0 Å². The summed E-state index contributed by atoms with van der Waals surface area (Å²) < 4.78 is 0. The first-order valence-corrected chi connectivity index (χ1v) is 4.74. The van der Waals surface area contributed by atoms with Gasteiger partial charge in [0.15, 0.2) is 0 Å². The Morgan fingerprint density at radius 3 is 2.64 bits per heavy atom. The Labute approximate surface area is 85.6 Å². The molecule has 0 spiro atoms. The molecule has 3 nitrogen and oxygen atoms in total. The van der Waals surface area contributed by atoms with Gasteiger partial charge in [-0.05, 0) is 13.8 Å². The summed E-state index contributed by atoms with van der Waals surface area (Å²) in [5.74, 6) is 1.86. The molecule has 0 N–H and O–H groups in total. The van der Waals surface area contributed by atoms with Gasteiger partial charge in [0.2, 0.25) is 0 Å². The summed E-state index contributed by atoms with van der Waals surface area (Å²) >= 11 is 0. The molecule has 0 radical (unpaired) electrons. The fourth-order valence-corrected chi connectivity index (χ4v) is 1.26. The number of hydrogen-bond acceptors (Lipinski definition) is 3. The van der Waals surface area contributed by atoms with E-state index >= 15 is 0 Å². The van der Waals surface area contributed by atoms with Gasteiger partial charge in [-0.25, -0.2) is 4.99 Å². The van der Waals surface area contributed by atoms with Gasteiger partial charge in [0, 0.05) is 19.7 Å². The van der Waals surface area contributed by atoms with Gasteiger partial charge < -0.3 is 4.90 Å². The molecule has 3 heteroatoms. The lowest BCUT2D eigenvalue weighted by Crippen LogP contribution is -2.28. The van der Waals surface area contributed by atoms with Gasteiger partial charge in [0.05, 0.1) is 6.54 Å². The highest BCUT2D eigenvalue weighted by Gasteiger charge is 2.12. The molecule has 1 aliphatic rings. The minimum atomic E-state index is 0.729. The summed E-state index contributed by atoms with van der Waals surface area (Å²) in [6, 6.07) is 0. The average molecular weight is 191 g/mol. The molecule has 0 aliphatic carbocycles. The van der Waals surface area contributed by atoms with Crippen LogP contribution in [0.3, 0.4) is 0 Å². The summed E-state index contributed by atoms with van der Waals surface area (Å²) in [4.78, 5) is 10.7. The molecule has 0 saturated heterocycles. The van der Waals surface area contributed by atoms with Crippen molar-refractivity contribution in [3.63, 3.8) is 0 Å². The Balaban J connectivity index is 2.96. The average Bonchev–Trinajstić information content (AvgIpc) is 2.15. The molecule has 14 heavy (non-hydrogen) atoms. The van der Waals surface area contributed by atoms with Crippen molar-refractivity contribution in [1.82, 2.24) is 4.90 Å². The van der Waals surface area contributed by atoms with Crippen LogP contribution in [0.15, 0.2) is 33.8 Å². The molecule has 0 atom stereocenters. The van der Waals surface area contributed by atoms with Crippen LogP contribution in [0.1, 0.15) is 13.8 Å². The van der Waals surface area contributed by atoms with E-state index in [1.807, 2.05) is 45.0 Å². The third-order valence-electron chi connectivity index (χ3n) is 1.95. The zero-order valence-electron chi connectivity index (χ0n) is 9.28. The van der Waals surface area contributed by atoms with Crippen molar-refractivity contribution in [3.05, 3.63) is 23.8 Å². The van der Waals surface area contributed by atoms with Gasteiger partial charge in [-0.15, -0.1) is 0 Å². The lowest BCUT2D eigenvalue weighted by molar-refractivity contribution is 0.620. The number of amidine groups is 2. The van der Waals surface area contributed by atoms with E-state index in [0.717, 1.165) is 18.2 Å². The van der Waals surface area contributed by atoms with Crippen molar-refractivity contribution >= 4 is 11.7 Å². The van der Waals surface area contributed by atoms with Crippen molar-refractivity contribution in [3.8, 4) is 0 Å². The zero-order valence-corrected chi connectivity index (χ0v) is 9.28. The van der Waals surface area contributed by atoms with Crippen molar-refractivity contribution in [2.75, 3.05) is 20.6 Å². The number of hydrogen-bond donors (Lipinski definition) is 0. The fourth-order valence-electron chi connectivity index (χ4n) is 1.26. The highest BCUT2D eigenvalue weighted by molar-refractivity contribution is 6.07. The zero-order chi connectivity index (χ0) is 10.6. The molecule has 0 saturated carbocycles. The Bertz CT molecular complexity index is 319. The first-order valence-electron chi connectivity index (χ1n) is 4.74. The minimum absolute atomic E-state index is 0.729. The van der Waals surface area contributed by atoms with Crippen LogP contribution < -0.4 is 0 Å². The molecule has 0 fully saturated rings. The van der Waals surface area contributed by atoms with E-state index in [0.29, 0.717) is 0 Å². The van der Waals surface area contributed by atoms with Crippen molar-refractivity contribution < 1.29 is 0 Å². The van der Waals surface area contributed by atoms with Crippen molar-refractivity contribution in [1.29, 1.82) is 0 Å². The van der Waals surface area contributed by atoms with Gasteiger partial charge >= 0.3 is 0 Å². The van der Waals surface area contributed by atoms with Crippen LogP contribution in [-0.4, -0.2) is 37.2 Å². The summed E-state index contributed by atoms with van der Waals surface area (Å²) in [5.41, 5.74) is 1.17. The normalized spacial score (nSPS) is 19.9. The van der Waals surface area contributed by atoms with Gasteiger partial charge in [0.1, 0.15) is 11.7 Å². The molecule has 0 amide bonds. The van der Waals surface area contributed by atoms with Crippen molar-refractivity contribution in [2.45, 2.75) is 13.8 Å². The second kappa shape index (κ2) is 4.74. The molecule has 1 heterocycles. The lowest BCUT2D eigenvalue weighted by Gasteiger charge is -2.20. The summed E-state index contributed by atoms with van der Waals surface area (Å²) in [7, 11) is 4.00. The molecular formula is C11H17N3. The maximum atomic E-state index is 4.41. The van der Waals surface area contributed by atoms with Gasteiger partial charge in [-0.2, -0.15) is 0 Å². The molecule has 0 aromatic carbocycles. The standard InChI is InChI=1S/C11H17N3/c1-5-6-7-10-8-12-9(2)13-11(10)14(3)4/h5-7H,8H2,1-4H3/b6-5-,10-7+. The molecule has 76 valence electrons. The second-order valence-corrected chi connectivity index (χ2v) is 3.41. The number of aliphatic imine (C=N–C) groups is 2. The lowest BCUT2D eigenvalue weighted by atomic mass is 10.2. The highest BCUT2D eigenvalue weighted by Crippen LogP contribution is 2.08. The predicted octanol–water partition coefficient (Wildman–Crippen LogP) is 1.88. The van der Waals surface area contributed by atoms with E-state index in [4.69, 9.17) is 0 Å². The molecule has 1 aliphatic heterocycles. The number of rotatable bonds is 1. The molecular weight excluding hydrogens is 174 g/mol. The van der Waals surface area contributed by atoms with Crippen LogP contribution in [-0.2, 0) is 0 Å². The van der Waals surface area contributed by atoms with Crippen molar-refractivity contribution in [2.24, 2.45) is 9.98 Å². The summed E-state index contributed by atoms with van der Waals surface area (Å²) in [6.07, 6.45) is 6.09. The second-order valence-electron chi connectivity index (χ2n) is 3.41. The van der Waals surface area contributed by atoms with E-state index in [2.05, 4.69) is 16.1 Å². The maximum Gasteiger partial charge on any atom is 0.135 e. The number of allylic oxidation sites excluding steroid dienone is 3. The third kappa shape index (κ3) is 2.55. The minimum Gasteiger partial charge on any atom is -0.362 e. The number of nitrogens with zero attached hydrogens (tertiary/aromatic N) is 3. The first-order chi connectivity index (χ1) is 6.65. The molecule has 0 aromatic heterocycles. The van der Waals surface area contributed by atoms with Crippen LogP contribution in [0, 0.1) is 0 Å². The monoisotopic (exact) mass is 191 g/mol. The van der Waals surface area contributed by atoms with E-state index < -0.39 is 0 Å². The number of likely N-dealkylation sites (N-methyl/N-ethyl adjacent to an activating group) is 1. The Kier molecular flexibility index (Phi) is 3.63. The van der Waals surface area contributed by atoms with E-state index in [9.17, 15) is 0 Å². The van der Waals surface area contributed by atoms with E-state index in [-0.39, 0.29) is 0 Å². The van der Waals surface area contributed by atoms with Gasteiger partial charge in [-0.3, -0.25) is 4.99 Å². The van der Waals surface area contributed by atoms with Crippen LogP contribution in [0.5, 0.6) is 0 Å². The largest absolute Gasteiger partial charge is 0.362 e. The van der Waals surface area contributed by atoms with Crippen LogP contribution in [0.25, 0.3) is 0 Å². The topological polar surface area (TPSA) is 28.0 Å². The Morgan fingerprint density at radius 1 is 1.36 bits per heavy atom. The molecule has 0 unspecified atom stereocenters. The van der Waals surface area contributed by atoms with Crippen LogP contribution in [0.4, 0.5) is 0 Å². The highest BCUT2D eigenvalue weighted by atomic mass is 15.2. The predicted molar refractivity (Wildman–Crippen MR) is 62.0 cm³/mol. The van der Waals surface area contributed by atoms with Gasteiger partial charge in [-0.1, -0.05) is 18.2 Å². The third-order valence-corrected chi connectivity index (χ3v) is 1.95. The maximum absolute atomic E-state index is 4.41. The van der Waals surface area contributed by atoms with Gasteiger partial charge in [0.25, 0.3) is 0 Å². The van der Waals surface area contributed by atoms with Crippen LogP contribution >= 0.6 is 0 Å². The fraction of sp³-hybridized carbons (Fsp3) is 0.455. The first kappa shape index (κ1) is 10.7. The van der Waals surface area contributed by atoms with E-state index in [1.165, 1.54) is 5.57 Å². The SMILES string of the molecule is C/C=C\C=C1/CN=C(C)N=C1N(C)C. The van der Waals surface area contributed by atoms with E-state index in [1.54, 1.807) is 0 Å². The summed E-state index contributed by atoms with van der Waals surface area (Å²) in [5, 5.41) is 0. The summed E-state index contributed by atoms with van der Waals surface area (Å²) in [6.45, 7) is 4.66. The molecule has 1 rings (SSSR count).